The highest BCUT2D eigenvalue weighted by Crippen LogP contribution is 2.18. The Bertz CT molecular complexity index is 923. The first-order chi connectivity index (χ1) is 14.6. The van der Waals surface area contributed by atoms with E-state index in [1.807, 2.05) is 61.5 Å². The summed E-state index contributed by atoms with van der Waals surface area (Å²) >= 11 is 0. The number of nitrogens with one attached hydrogen (secondary N) is 2. The van der Waals surface area contributed by atoms with Crippen molar-refractivity contribution < 1.29 is 9.53 Å². The maximum absolute atomic E-state index is 12.2. The van der Waals surface area contributed by atoms with E-state index in [0.29, 0.717) is 12.6 Å². The highest BCUT2D eigenvalue weighted by molar-refractivity contribution is 5.91. The number of hydrogen-bond donors (Lipinski definition) is 2. The summed E-state index contributed by atoms with van der Waals surface area (Å²) in [7, 11) is 0. The molecule has 0 spiro atoms. The molecule has 4 nitrogen and oxygen atoms in total. The first-order valence-electron chi connectivity index (χ1n) is 10.4. The summed E-state index contributed by atoms with van der Waals surface area (Å²) in [5.41, 5.74) is 4.33. The molecule has 0 fully saturated rings. The molecule has 30 heavy (non-hydrogen) atoms. The van der Waals surface area contributed by atoms with Crippen LogP contribution in [0, 0.1) is 6.92 Å². The van der Waals surface area contributed by atoms with E-state index in [4.69, 9.17) is 4.74 Å². The lowest BCUT2D eigenvalue weighted by Gasteiger charge is -2.16. The van der Waals surface area contributed by atoms with Crippen molar-refractivity contribution >= 4 is 11.6 Å². The van der Waals surface area contributed by atoms with E-state index in [9.17, 15) is 4.79 Å². The van der Waals surface area contributed by atoms with Crippen molar-refractivity contribution in [3.63, 3.8) is 0 Å². The van der Waals surface area contributed by atoms with Crippen LogP contribution in [0.4, 0.5) is 5.69 Å². The smallest absolute Gasteiger partial charge is 0.262 e. The lowest BCUT2D eigenvalue weighted by molar-refractivity contribution is -0.118. The van der Waals surface area contributed by atoms with E-state index in [2.05, 4.69) is 41.8 Å². The van der Waals surface area contributed by atoms with Gasteiger partial charge in [0.25, 0.3) is 5.91 Å². The maximum Gasteiger partial charge on any atom is 0.262 e. The van der Waals surface area contributed by atoms with Crippen molar-refractivity contribution in [2.75, 3.05) is 11.9 Å². The number of para-hydroxylation sites is 1. The van der Waals surface area contributed by atoms with E-state index >= 15 is 0 Å². The second-order valence-electron chi connectivity index (χ2n) is 7.62. The molecule has 3 rings (SSSR count). The second kappa shape index (κ2) is 11.2. The van der Waals surface area contributed by atoms with Crippen molar-refractivity contribution in [1.82, 2.24) is 5.32 Å². The fourth-order valence-electron chi connectivity index (χ4n) is 3.18. The first-order valence-corrected chi connectivity index (χ1v) is 10.4. The Hall–Kier alpha value is -3.11. The Kier molecular flexibility index (Phi) is 8.04. The molecular formula is C26H30N2O2. The van der Waals surface area contributed by atoms with E-state index in [0.717, 1.165) is 35.4 Å². The molecular weight excluding hydrogens is 372 g/mol. The number of carbonyl (C=O) groups excluding carboxylic acids is 1. The molecule has 156 valence electrons. The highest BCUT2D eigenvalue weighted by atomic mass is 16.5. The van der Waals surface area contributed by atoms with Gasteiger partial charge in [-0.3, -0.25) is 4.79 Å². The summed E-state index contributed by atoms with van der Waals surface area (Å²) in [6, 6.07) is 26.5. The van der Waals surface area contributed by atoms with Gasteiger partial charge < -0.3 is 15.4 Å². The summed E-state index contributed by atoms with van der Waals surface area (Å²) in [5, 5.41) is 6.42. The van der Waals surface area contributed by atoms with Gasteiger partial charge in [-0.05, 0) is 50.5 Å². The Morgan fingerprint density at radius 2 is 1.63 bits per heavy atom. The topological polar surface area (TPSA) is 50.4 Å². The van der Waals surface area contributed by atoms with Crippen LogP contribution in [-0.4, -0.2) is 18.6 Å². The minimum absolute atomic E-state index is 0.0194. The van der Waals surface area contributed by atoms with E-state index in [1.165, 1.54) is 5.56 Å². The molecule has 0 saturated carbocycles. The van der Waals surface area contributed by atoms with Crippen LogP contribution >= 0.6 is 0 Å². The van der Waals surface area contributed by atoms with Gasteiger partial charge in [-0.15, -0.1) is 0 Å². The zero-order chi connectivity index (χ0) is 21.2. The van der Waals surface area contributed by atoms with Crippen LogP contribution in [0.2, 0.25) is 0 Å². The fraction of sp³-hybridized carbons (Fsp3) is 0.269. The molecule has 0 aliphatic heterocycles. The SMILES string of the molecule is Cc1ccc(NC(=O)COc2ccccc2CNC(C)CCc2ccccc2)cc1. The largest absolute Gasteiger partial charge is 0.483 e. The molecule has 3 aromatic rings. The molecule has 4 heteroatoms. The van der Waals surface area contributed by atoms with E-state index in [-0.39, 0.29) is 12.5 Å². The molecule has 3 aromatic carbocycles. The highest BCUT2D eigenvalue weighted by Gasteiger charge is 2.09. The Morgan fingerprint density at radius 1 is 0.933 bits per heavy atom. The number of benzene rings is 3. The third kappa shape index (κ3) is 7.05. The van der Waals surface area contributed by atoms with Gasteiger partial charge >= 0.3 is 0 Å². The zero-order valence-corrected chi connectivity index (χ0v) is 17.7. The predicted molar refractivity (Wildman–Crippen MR) is 123 cm³/mol. The van der Waals surface area contributed by atoms with Gasteiger partial charge in [0.05, 0.1) is 0 Å². The maximum atomic E-state index is 12.2. The Balaban J connectivity index is 1.46. The minimum Gasteiger partial charge on any atom is -0.483 e. The molecule has 1 amide bonds. The third-order valence-electron chi connectivity index (χ3n) is 5.02. The van der Waals surface area contributed by atoms with Crippen molar-refractivity contribution in [3.8, 4) is 5.75 Å². The number of amides is 1. The molecule has 0 bridgehead atoms. The summed E-state index contributed by atoms with van der Waals surface area (Å²) in [5.74, 6) is 0.567. The van der Waals surface area contributed by atoms with Crippen molar-refractivity contribution in [2.24, 2.45) is 0 Å². The molecule has 0 heterocycles. The monoisotopic (exact) mass is 402 g/mol. The van der Waals surface area contributed by atoms with Crippen LogP contribution in [-0.2, 0) is 17.8 Å². The van der Waals surface area contributed by atoms with Crippen LogP contribution in [0.3, 0.4) is 0 Å². The van der Waals surface area contributed by atoms with E-state index < -0.39 is 0 Å². The van der Waals surface area contributed by atoms with Crippen LogP contribution in [0.5, 0.6) is 5.75 Å². The second-order valence-corrected chi connectivity index (χ2v) is 7.62. The van der Waals surface area contributed by atoms with Crippen LogP contribution in [0.15, 0.2) is 78.9 Å². The van der Waals surface area contributed by atoms with Gasteiger partial charge in [-0.25, -0.2) is 0 Å². The predicted octanol–water partition coefficient (Wildman–Crippen LogP) is 5.12. The van der Waals surface area contributed by atoms with Crippen molar-refractivity contribution in [2.45, 2.75) is 39.3 Å². The average Bonchev–Trinajstić information content (AvgIpc) is 2.77. The molecule has 0 aliphatic rings. The first kappa shape index (κ1) is 21.6. The average molecular weight is 403 g/mol. The third-order valence-corrected chi connectivity index (χ3v) is 5.02. The van der Waals surface area contributed by atoms with Gasteiger partial charge in [0.1, 0.15) is 5.75 Å². The lowest BCUT2D eigenvalue weighted by Crippen LogP contribution is -2.26. The number of carbonyl (C=O) groups is 1. The molecule has 0 aliphatic carbocycles. The Labute approximate surface area is 179 Å². The van der Waals surface area contributed by atoms with Gasteiger partial charge in [0, 0.05) is 23.8 Å². The Morgan fingerprint density at radius 3 is 2.40 bits per heavy atom. The van der Waals surface area contributed by atoms with Crippen LogP contribution in [0.25, 0.3) is 0 Å². The molecule has 0 aromatic heterocycles. The normalized spacial score (nSPS) is 11.7. The number of ether oxygens (including phenoxy) is 1. The zero-order valence-electron chi connectivity index (χ0n) is 17.7. The summed E-state index contributed by atoms with van der Waals surface area (Å²) in [6.45, 7) is 4.89. The lowest BCUT2D eigenvalue weighted by atomic mass is 10.1. The van der Waals surface area contributed by atoms with Gasteiger partial charge in [-0.1, -0.05) is 66.2 Å². The number of rotatable bonds is 10. The van der Waals surface area contributed by atoms with Crippen molar-refractivity contribution in [1.29, 1.82) is 0 Å². The van der Waals surface area contributed by atoms with E-state index in [1.54, 1.807) is 0 Å². The number of aryl methyl sites for hydroxylation is 2. The molecule has 1 atom stereocenters. The van der Waals surface area contributed by atoms with Gasteiger partial charge in [-0.2, -0.15) is 0 Å². The standard InChI is InChI=1S/C26H30N2O2/c1-20-12-16-24(17-13-20)28-26(29)19-30-25-11-7-6-10-23(25)18-27-21(2)14-15-22-8-4-3-5-9-22/h3-13,16-17,21,27H,14-15,18-19H2,1-2H3,(H,28,29). The van der Waals surface area contributed by atoms with Crippen LogP contribution < -0.4 is 15.4 Å². The number of hydrogen-bond acceptors (Lipinski definition) is 3. The minimum atomic E-state index is -0.169. The summed E-state index contributed by atoms with van der Waals surface area (Å²) < 4.78 is 5.80. The number of anilines is 1. The molecule has 0 saturated heterocycles. The summed E-state index contributed by atoms with van der Waals surface area (Å²) in [6.07, 6.45) is 2.11. The quantitative estimate of drug-likeness (QED) is 0.495. The molecule has 1 unspecified atom stereocenters. The molecule has 0 radical (unpaired) electrons. The summed E-state index contributed by atoms with van der Waals surface area (Å²) in [4.78, 5) is 12.2. The molecule has 2 N–H and O–H groups in total. The van der Waals surface area contributed by atoms with Crippen molar-refractivity contribution in [3.05, 3.63) is 95.6 Å². The van der Waals surface area contributed by atoms with Gasteiger partial charge in [0.15, 0.2) is 6.61 Å². The van der Waals surface area contributed by atoms with Crippen LogP contribution in [0.1, 0.15) is 30.0 Å². The van der Waals surface area contributed by atoms with Gasteiger partial charge in [0.2, 0.25) is 0 Å². The fourth-order valence-corrected chi connectivity index (χ4v) is 3.18.